The summed E-state index contributed by atoms with van der Waals surface area (Å²) in [5, 5.41) is 7.03. The van der Waals surface area contributed by atoms with Crippen LogP contribution in [0, 0.1) is 5.82 Å². The SMILES string of the molecule is COC(=O)c1ccc(C(=O)Nc2nn(Cc3ccc(F)cc3)cc2Br)cc1. The minimum Gasteiger partial charge on any atom is -0.465 e. The van der Waals surface area contributed by atoms with Gasteiger partial charge in [-0.05, 0) is 57.9 Å². The number of nitrogens with one attached hydrogen (secondary N) is 1. The van der Waals surface area contributed by atoms with Gasteiger partial charge in [-0.15, -0.1) is 0 Å². The van der Waals surface area contributed by atoms with Gasteiger partial charge in [0, 0.05) is 11.8 Å². The number of hydrogen-bond donors (Lipinski definition) is 1. The molecule has 1 amide bonds. The second-order valence-electron chi connectivity index (χ2n) is 5.67. The van der Waals surface area contributed by atoms with Gasteiger partial charge in [-0.3, -0.25) is 9.48 Å². The summed E-state index contributed by atoms with van der Waals surface area (Å²) in [7, 11) is 1.29. The lowest BCUT2D eigenvalue weighted by atomic mass is 10.1. The second-order valence-corrected chi connectivity index (χ2v) is 6.53. The Hall–Kier alpha value is -3.00. The lowest BCUT2D eigenvalue weighted by Gasteiger charge is -2.04. The minimum atomic E-state index is -0.468. The van der Waals surface area contributed by atoms with E-state index in [2.05, 4.69) is 31.1 Å². The quantitative estimate of drug-likeness (QED) is 0.622. The number of rotatable bonds is 5. The molecule has 1 aromatic heterocycles. The Labute approximate surface area is 163 Å². The maximum Gasteiger partial charge on any atom is 0.337 e. The number of esters is 1. The summed E-state index contributed by atoms with van der Waals surface area (Å²) >= 11 is 3.36. The molecule has 0 saturated carbocycles. The highest BCUT2D eigenvalue weighted by Crippen LogP contribution is 2.21. The molecule has 0 bridgehead atoms. The predicted octanol–water partition coefficient (Wildman–Crippen LogP) is 3.87. The lowest BCUT2D eigenvalue weighted by molar-refractivity contribution is 0.0600. The normalized spacial score (nSPS) is 10.5. The number of anilines is 1. The fraction of sp³-hybridized carbons (Fsp3) is 0.105. The third kappa shape index (κ3) is 4.59. The number of carbonyl (C=O) groups excluding carboxylic acids is 2. The van der Waals surface area contributed by atoms with Crippen molar-refractivity contribution in [1.82, 2.24) is 9.78 Å². The van der Waals surface area contributed by atoms with E-state index in [0.29, 0.717) is 28.0 Å². The van der Waals surface area contributed by atoms with Crippen LogP contribution in [0.2, 0.25) is 0 Å². The summed E-state index contributed by atoms with van der Waals surface area (Å²) in [5.74, 6) is -0.769. The van der Waals surface area contributed by atoms with Gasteiger partial charge < -0.3 is 10.1 Å². The lowest BCUT2D eigenvalue weighted by Crippen LogP contribution is -2.13. The van der Waals surface area contributed by atoms with E-state index in [1.807, 2.05) is 0 Å². The van der Waals surface area contributed by atoms with Crippen molar-refractivity contribution in [2.45, 2.75) is 6.54 Å². The third-order valence-corrected chi connectivity index (χ3v) is 4.36. The molecule has 0 radical (unpaired) electrons. The molecule has 0 fully saturated rings. The predicted molar refractivity (Wildman–Crippen MR) is 101 cm³/mol. The van der Waals surface area contributed by atoms with Gasteiger partial charge in [0.15, 0.2) is 5.82 Å². The molecule has 8 heteroatoms. The number of ether oxygens (including phenoxy) is 1. The molecule has 0 atom stereocenters. The molecule has 0 aliphatic carbocycles. The molecule has 0 aliphatic rings. The van der Waals surface area contributed by atoms with Crippen molar-refractivity contribution in [1.29, 1.82) is 0 Å². The molecule has 0 unspecified atom stereocenters. The Bertz CT molecular complexity index is 969. The zero-order valence-electron chi connectivity index (χ0n) is 14.3. The van der Waals surface area contributed by atoms with Crippen molar-refractivity contribution in [2.75, 3.05) is 12.4 Å². The van der Waals surface area contributed by atoms with Gasteiger partial charge in [-0.2, -0.15) is 5.10 Å². The zero-order chi connectivity index (χ0) is 19.4. The van der Waals surface area contributed by atoms with E-state index in [4.69, 9.17) is 0 Å². The number of benzene rings is 2. The number of halogens is 2. The van der Waals surface area contributed by atoms with Gasteiger partial charge in [0.2, 0.25) is 0 Å². The number of nitrogens with zero attached hydrogens (tertiary/aromatic N) is 2. The average molecular weight is 432 g/mol. The molecular weight excluding hydrogens is 417 g/mol. The van der Waals surface area contributed by atoms with Crippen LogP contribution >= 0.6 is 15.9 Å². The van der Waals surface area contributed by atoms with Gasteiger partial charge in [0.1, 0.15) is 5.82 Å². The largest absolute Gasteiger partial charge is 0.465 e. The first-order valence-corrected chi connectivity index (χ1v) is 8.72. The van der Waals surface area contributed by atoms with Gasteiger partial charge in [0.05, 0.1) is 23.7 Å². The number of amides is 1. The van der Waals surface area contributed by atoms with Gasteiger partial charge in [0.25, 0.3) is 5.91 Å². The van der Waals surface area contributed by atoms with Crippen LogP contribution in [-0.2, 0) is 11.3 Å². The maximum absolute atomic E-state index is 13.0. The fourth-order valence-electron chi connectivity index (χ4n) is 2.39. The Morgan fingerprint density at radius 1 is 1.11 bits per heavy atom. The first-order chi connectivity index (χ1) is 13.0. The molecule has 1 N–H and O–H groups in total. The van der Waals surface area contributed by atoms with Gasteiger partial charge in [-0.25, -0.2) is 9.18 Å². The summed E-state index contributed by atoms with van der Waals surface area (Å²) < 4.78 is 19.9. The highest BCUT2D eigenvalue weighted by Gasteiger charge is 2.13. The van der Waals surface area contributed by atoms with Crippen molar-refractivity contribution in [3.05, 3.63) is 81.7 Å². The number of methoxy groups -OCH3 is 1. The van der Waals surface area contributed by atoms with Crippen LogP contribution in [0.25, 0.3) is 0 Å². The Balaban J connectivity index is 1.70. The van der Waals surface area contributed by atoms with Crippen LogP contribution in [-0.4, -0.2) is 28.8 Å². The Morgan fingerprint density at radius 2 is 1.74 bits per heavy atom. The molecule has 3 rings (SSSR count). The van der Waals surface area contributed by atoms with Crippen LogP contribution in [0.3, 0.4) is 0 Å². The van der Waals surface area contributed by atoms with Crippen molar-refractivity contribution >= 4 is 33.6 Å². The molecule has 1 heterocycles. The first-order valence-electron chi connectivity index (χ1n) is 7.93. The third-order valence-electron chi connectivity index (χ3n) is 3.77. The summed E-state index contributed by atoms with van der Waals surface area (Å²) in [6.07, 6.45) is 1.72. The van der Waals surface area contributed by atoms with Crippen molar-refractivity contribution < 1.29 is 18.7 Å². The van der Waals surface area contributed by atoms with Crippen LogP contribution < -0.4 is 5.32 Å². The fourth-order valence-corrected chi connectivity index (χ4v) is 2.81. The number of carbonyl (C=O) groups is 2. The van der Waals surface area contributed by atoms with Crippen LogP contribution in [0.1, 0.15) is 26.3 Å². The standard InChI is InChI=1S/C19H15BrFN3O3/c1-27-19(26)14-6-4-13(5-7-14)18(25)22-17-16(20)11-24(23-17)10-12-2-8-15(21)9-3-12/h2-9,11H,10H2,1H3,(H,22,23,25). The van der Waals surface area contributed by atoms with E-state index >= 15 is 0 Å². The smallest absolute Gasteiger partial charge is 0.337 e. The van der Waals surface area contributed by atoms with Crippen molar-refractivity contribution in [3.8, 4) is 0 Å². The number of hydrogen-bond acceptors (Lipinski definition) is 4. The average Bonchev–Trinajstić information content (AvgIpc) is 3.02. The van der Waals surface area contributed by atoms with E-state index in [9.17, 15) is 14.0 Å². The van der Waals surface area contributed by atoms with Crippen LogP contribution in [0.5, 0.6) is 0 Å². The molecule has 138 valence electrons. The summed E-state index contributed by atoms with van der Waals surface area (Å²) in [4.78, 5) is 23.8. The Morgan fingerprint density at radius 3 is 2.37 bits per heavy atom. The molecule has 3 aromatic rings. The van der Waals surface area contributed by atoms with E-state index in [1.165, 1.54) is 43.5 Å². The summed E-state index contributed by atoms with van der Waals surface area (Å²) in [6, 6.07) is 12.2. The molecule has 0 spiro atoms. The maximum atomic E-state index is 13.0. The monoisotopic (exact) mass is 431 g/mol. The Kier molecular flexibility index (Phi) is 5.66. The van der Waals surface area contributed by atoms with Crippen LogP contribution in [0.15, 0.2) is 59.2 Å². The molecule has 0 aliphatic heterocycles. The molecule has 2 aromatic carbocycles. The van der Waals surface area contributed by atoms with Crippen molar-refractivity contribution in [2.24, 2.45) is 0 Å². The number of aromatic nitrogens is 2. The highest BCUT2D eigenvalue weighted by atomic mass is 79.9. The molecule has 27 heavy (non-hydrogen) atoms. The van der Waals surface area contributed by atoms with Crippen molar-refractivity contribution in [3.63, 3.8) is 0 Å². The topological polar surface area (TPSA) is 73.2 Å². The first kappa shape index (κ1) is 18.8. The molecule has 6 nitrogen and oxygen atoms in total. The van der Waals surface area contributed by atoms with Gasteiger partial charge in [-0.1, -0.05) is 12.1 Å². The molecule has 0 saturated heterocycles. The van der Waals surface area contributed by atoms with E-state index in [0.717, 1.165) is 5.56 Å². The second kappa shape index (κ2) is 8.13. The molecular formula is C19H15BrFN3O3. The van der Waals surface area contributed by atoms with Gasteiger partial charge >= 0.3 is 5.97 Å². The summed E-state index contributed by atoms with van der Waals surface area (Å²) in [5.41, 5.74) is 1.61. The highest BCUT2D eigenvalue weighted by molar-refractivity contribution is 9.10. The summed E-state index contributed by atoms with van der Waals surface area (Å²) in [6.45, 7) is 0.433. The zero-order valence-corrected chi connectivity index (χ0v) is 15.9. The minimum absolute atomic E-state index is 0.299. The van der Waals surface area contributed by atoms with E-state index in [-0.39, 0.29) is 11.7 Å². The van der Waals surface area contributed by atoms with Crippen LogP contribution in [0.4, 0.5) is 10.2 Å². The van der Waals surface area contributed by atoms with E-state index in [1.54, 1.807) is 23.0 Å². The van der Waals surface area contributed by atoms with E-state index < -0.39 is 5.97 Å².